The van der Waals surface area contributed by atoms with Gasteiger partial charge in [0.1, 0.15) is 0 Å². The van der Waals surface area contributed by atoms with Crippen LogP contribution in [0.3, 0.4) is 0 Å². The Balaban J connectivity index is 1.49. The third-order valence-electron chi connectivity index (χ3n) is 3.68. The highest BCUT2D eigenvalue weighted by molar-refractivity contribution is 7.13. The molecule has 0 aliphatic heterocycles. The molecule has 1 N–H and O–H groups in total. The predicted molar refractivity (Wildman–Crippen MR) is 95.0 cm³/mol. The number of thiophene rings is 1. The number of nitrogens with zero attached hydrogens (tertiary/aromatic N) is 2. The summed E-state index contributed by atoms with van der Waals surface area (Å²) >= 11 is 1.57. The maximum Gasteiger partial charge on any atom is 0.226 e. The summed E-state index contributed by atoms with van der Waals surface area (Å²) in [6.45, 7) is 2.08. The molecule has 2 heterocycles. The second-order valence-corrected chi connectivity index (χ2v) is 6.35. The van der Waals surface area contributed by atoms with Gasteiger partial charge in [0.2, 0.25) is 17.6 Å². The number of hydrogen-bond acceptors (Lipinski definition) is 5. The van der Waals surface area contributed by atoms with Gasteiger partial charge >= 0.3 is 0 Å². The van der Waals surface area contributed by atoms with Gasteiger partial charge in [-0.2, -0.15) is 4.98 Å². The van der Waals surface area contributed by atoms with Crippen molar-refractivity contribution in [1.82, 2.24) is 10.1 Å². The van der Waals surface area contributed by atoms with Crippen molar-refractivity contribution in [2.45, 2.75) is 32.6 Å². The Morgan fingerprint density at radius 1 is 1.25 bits per heavy atom. The zero-order valence-electron chi connectivity index (χ0n) is 13.5. The van der Waals surface area contributed by atoms with E-state index in [1.165, 1.54) is 0 Å². The molecule has 3 rings (SSSR count). The first-order valence-corrected chi connectivity index (χ1v) is 8.88. The van der Waals surface area contributed by atoms with Gasteiger partial charge < -0.3 is 9.84 Å². The van der Waals surface area contributed by atoms with Crippen LogP contribution >= 0.6 is 11.3 Å². The lowest BCUT2D eigenvalue weighted by Crippen LogP contribution is -2.12. The first-order chi connectivity index (χ1) is 11.8. The predicted octanol–water partition coefficient (Wildman–Crippen LogP) is 4.32. The van der Waals surface area contributed by atoms with Gasteiger partial charge in [-0.05, 0) is 35.9 Å². The van der Waals surface area contributed by atoms with Gasteiger partial charge in [0.15, 0.2) is 0 Å². The Bertz CT molecular complexity index is 796. The van der Waals surface area contributed by atoms with Crippen LogP contribution in [0, 0.1) is 0 Å². The highest BCUT2D eigenvalue weighted by Gasteiger charge is 2.10. The second kappa shape index (κ2) is 7.88. The summed E-state index contributed by atoms with van der Waals surface area (Å²) in [5, 5.41) is 8.92. The summed E-state index contributed by atoms with van der Waals surface area (Å²) in [5.74, 6) is 1.19. The average molecular weight is 341 g/mol. The molecule has 1 amide bonds. The number of aryl methyl sites for hydroxylation is 2. The van der Waals surface area contributed by atoms with E-state index < -0.39 is 0 Å². The summed E-state index contributed by atoms with van der Waals surface area (Å²) in [6.07, 6.45) is 2.59. The van der Waals surface area contributed by atoms with Gasteiger partial charge in [-0.25, -0.2) is 0 Å². The fourth-order valence-electron chi connectivity index (χ4n) is 2.43. The third kappa shape index (κ3) is 4.08. The van der Waals surface area contributed by atoms with Gasteiger partial charge in [-0.15, -0.1) is 11.3 Å². The molecule has 3 aromatic rings. The van der Waals surface area contributed by atoms with Gasteiger partial charge in [-0.1, -0.05) is 36.3 Å². The molecule has 2 aromatic heterocycles. The molecule has 0 bridgehead atoms. The van der Waals surface area contributed by atoms with Crippen LogP contribution in [0.5, 0.6) is 0 Å². The van der Waals surface area contributed by atoms with E-state index in [0.717, 1.165) is 22.5 Å². The van der Waals surface area contributed by atoms with E-state index in [1.807, 2.05) is 41.8 Å². The van der Waals surface area contributed by atoms with Crippen LogP contribution in [0.25, 0.3) is 10.7 Å². The molecule has 0 saturated heterocycles. The Hall–Kier alpha value is -2.47. The number of rotatable bonds is 7. The van der Waals surface area contributed by atoms with Crippen molar-refractivity contribution in [3.63, 3.8) is 0 Å². The quantitative estimate of drug-likeness (QED) is 0.695. The van der Waals surface area contributed by atoms with Crippen molar-refractivity contribution in [2.24, 2.45) is 0 Å². The van der Waals surface area contributed by atoms with E-state index in [9.17, 15) is 4.79 Å². The van der Waals surface area contributed by atoms with Crippen molar-refractivity contribution in [3.8, 4) is 10.7 Å². The molecule has 0 radical (unpaired) electrons. The van der Waals surface area contributed by atoms with Crippen molar-refractivity contribution in [2.75, 3.05) is 5.32 Å². The smallest absolute Gasteiger partial charge is 0.226 e. The van der Waals surface area contributed by atoms with E-state index in [-0.39, 0.29) is 5.91 Å². The molecule has 0 spiro atoms. The maximum absolute atomic E-state index is 12.1. The van der Waals surface area contributed by atoms with Crippen LogP contribution < -0.4 is 5.32 Å². The molecule has 24 heavy (non-hydrogen) atoms. The van der Waals surface area contributed by atoms with E-state index in [0.29, 0.717) is 31.0 Å². The van der Waals surface area contributed by atoms with E-state index in [2.05, 4.69) is 22.4 Å². The molecule has 1 aromatic carbocycles. The van der Waals surface area contributed by atoms with Crippen molar-refractivity contribution in [3.05, 3.63) is 53.2 Å². The molecule has 0 aliphatic carbocycles. The molecule has 0 atom stereocenters. The van der Waals surface area contributed by atoms with Crippen LogP contribution in [0.1, 0.15) is 31.2 Å². The van der Waals surface area contributed by atoms with Crippen LogP contribution in [0.2, 0.25) is 0 Å². The molecular formula is C18H19N3O2S. The number of nitrogens with one attached hydrogen (secondary N) is 1. The third-order valence-corrected chi connectivity index (χ3v) is 4.54. The fraction of sp³-hybridized carbons (Fsp3) is 0.278. The van der Waals surface area contributed by atoms with E-state index >= 15 is 0 Å². The molecule has 0 saturated carbocycles. The summed E-state index contributed by atoms with van der Waals surface area (Å²) in [5.41, 5.74) is 2.03. The standard InChI is InChI=1S/C18H19N3O2S/c1-2-13-7-3-4-8-14(13)19-16(22)10-5-11-17-20-18(21-23-17)15-9-6-12-24-15/h3-4,6-9,12H,2,5,10-11H2,1H3,(H,19,22). The Morgan fingerprint density at radius 2 is 2.12 bits per heavy atom. The number of aromatic nitrogens is 2. The highest BCUT2D eigenvalue weighted by Crippen LogP contribution is 2.21. The molecule has 6 heteroatoms. The first kappa shape index (κ1) is 16.4. The number of carbonyl (C=O) groups is 1. The van der Waals surface area contributed by atoms with E-state index in [1.54, 1.807) is 11.3 Å². The SMILES string of the molecule is CCc1ccccc1NC(=O)CCCc1nc(-c2cccs2)no1. The van der Waals surface area contributed by atoms with Crippen LogP contribution in [0.4, 0.5) is 5.69 Å². The van der Waals surface area contributed by atoms with Crippen LogP contribution in [0.15, 0.2) is 46.3 Å². The van der Waals surface area contributed by atoms with Gasteiger partial charge in [0.25, 0.3) is 0 Å². The minimum absolute atomic E-state index is 0.00824. The van der Waals surface area contributed by atoms with Gasteiger partial charge in [0.05, 0.1) is 4.88 Å². The summed E-state index contributed by atoms with van der Waals surface area (Å²) in [6, 6.07) is 11.8. The molecule has 0 unspecified atom stereocenters. The number of amides is 1. The summed E-state index contributed by atoms with van der Waals surface area (Å²) in [7, 11) is 0. The average Bonchev–Trinajstić information content (AvgIpc) is 3.26. The lowest BCUT2D eigenvalue weighted by molar-refractivity contribution is -0.116. The Morgan fingerprint density at radius 3 is 2.92 bits per heavy atom. The largest absolute Gasteiger partial charge is 0.339 e. The monoisotopic (exact) mass is 341 g/mol. The number of para-hydroxylation sites is 1. The van der Waals surface area contributed by atoms with Crippen LogP contribution in [-0.4, -0.2) is 16.0 Å². The van der Waals surface area contributed by atoms with Gasteiger partial charge in [-0.3, -0.25) is 4.79 Å². The van der Waals surface area contributed by atoms with Crippen molar-refractivity contribution < 1.29 is 9.32 Å². The molecular weight excluding hydrogens is 322 g/mol. The summed E-state index contributed by atoms with van der Waals surface area (Å²) < 4.78 is 5.24. The Labute approximate surface area is 144 Å². The molecule has 0 fully saturated rings. The highest BCUT2D eigenvalue weighted by atomic mass is 32.1. The lowest BCUT2D eigenvalue weighted by atomic mass is 10.1. The maximum atomic E-state index is 12.1. The first-order valence-electron chi connectivity index (χ1n) is 8.00. The number of benzene rings is 1. The lowest BCUT2D eigenvalue weighted by Gasteiger charge is -2.09. The molecule has 0 aliphatic rings. The zero-order chi connectivity index (χ0) is 16.8. The fourth-order valence-corrected chi connectivity index (χ4v) is 3.07. The number of hydrogen-bond donors (Lipinski definition) is 1. The normalized spacial score (nSPS) is 10.7. The zero-order valence-corrected chi connectivity index (χ0v) is 14.3. The van der Waals surface area contributed by atoms with Crippen molar-refractivity contribution in [1.29, 1.82) is 0 Å². The van der Waals surface area contributed by atoms with Crippen LogP contribution in [-0.2, 0) is 17.6 Å². The van der Waals surface area contributed by atoms with Gasteiger partial charge in [0, 0.05) is 18.5 Å². The van der Waals surface area contributed by atoms with E-state index in [4.69, 9.17) is 4.52 Å². The topological polar surface area (TPSA) is 68.0 Å². The minimum Gasteiger partial charge on any atom is -0.339 e. The van der Waals surface area contributed by atoms with Crippen molar-refractivity contribution >= 4 is 22.9 Å². The summed E-state index contributed by atoms with van der Waals surface area (Å²) in [4.78, 5) is 17.4. The molecule has 5 nitrogen and oxygen atoms in total. The number of anilines is 1. The number of carbonyl (C=O) groups excluding carboxylic acids is 1. The minimum atomic E-state index is 0.00824. The Kier molecular flexibility index (Phi) is 5.38. The molecule has 124 valence electrons. The second-order valence-electron chi connectivity index (χ2n) is 5.40.